The third kappa shape index (κ3) is 5.66. The van der Waals surface area contributed by atoms with Crippen molar-refractivity contribution in [3.05, 3.63) is 29.8 Å². The van der Waals surface area contributed by atoms with E-state index in [0.29, 0.717) is 0 Å². The van der Waals surface area contributed by atoms with E-state index in [0.717, 1.165) is 11.3 Å². The van der Waals surface area contributed by atoms with Crippen LogP contribution < -0.4 is 21.1 Å². The van der Waals surface area contributed by atoms with Crippen molar-refractivity contribution in [2.75, 3.05) is 0 Å². The van der Waals surface area contributed by atoms with Gasteiger partial charge in [-0.1, -0.05) is 32.9 Å². The number of imide groups is 1. The van der Waals surface area contributed by atoms with Gasteiger partial charge in [-0.2, -0.15) is 0 Å². The first-order valence-electron chi connectivity index (χ1n) is 10.2. The number of nitrogens with one attached hydrogen (secondary N) is 2. The van der Waals surface area contributed by atoms with Crippen LogP contribution in [-0.4, -0.2) is 35.7 Å². The van der Waals surface area contributed by atoms with Crippen LogP contribution in [-0.2, 0) is 19.2 Å². The molecule has 8 nitrogen and oxygen atoms in total. The SMILES string of the molecule is CC(C)Oc1ccc(C(N)CC(=O)N[C@H](C(=O)[C@@H]2C(=O)NC(=O)[C@H]2C)C(C)C)cc1. The van der Waals surface area contributed by atoms with Crippen LogP contribution in [0.3, 0.4) is 0 Å². The van der Waals surface area contributed by atoms with Gasteiger partial charge in [-0.05, 0) is 37.5 Å². The molecule has 0 bridgehead atoms. The summed E-state index contributed by atoms with van der Waals surface area (Å²) in [5.74, 6) is -3.32. The zero-order valence-electron chi connectivity index (χ0n) is 18.1. The number of carbonyl (C=O) groups is 4. The lowest BCUT2D eigenvalue weighted by molar-refractivity contribution is -0.137. The average molecular weight is 418 g/mol. The molecule has 3 amide bonds. The average Bonchev–Trinajstić information content (AvgIpc) is 2.90. The Morgan fingerprint density at radius 3 is 2.17 bits per heavy atom. The standard InChI is InChI=1S/C22H31N3O5/c1-11(2)19(20(27)18-13(5)21(28)25-22(18)29)24-17(26)10-16(23)14-6-8-15(9-7-14)30-12(3)4/h6-9,11-13,16,18-19H,10,23H2,1-5H3,(H,24,26)(H,25,28,29)/t13-,16?,18+,19-/m0/s1. The zero-order chi connectivity index (χ0) is 22.6. The molecule has 8 heteroatoms. The number of benzene rings is 1. The molecular formula is C22H31N3O5. The maximum atomic E-state index is 12.9. The van der Waals surface area contributed by atoms with Crippen molar-refractivity contribution in [1.82, 2.24) is 10.6 Å². The molecule has 1 saturated heterocycles. The number of ketones is 1. The normalized spacial score (nSPS) is 20.8. The van der Waals surface area contributed by atoms with Gasteiger partial charge in [0.15, 0.2) is 5.78 Å². The van der Waals surface area contributed by atoms with Crippen LogP contribution in [0.25, 0.3) is 0 Å². The van der Waals surface area contributed by atoms with Gasteiger partial charge in [0, 0.05) is 12.5 Å². The highest BCUT2D eigenvalue weighted by molar-refractivity contribution is 6.16. The molecule has 30 heavy (non-hydrogen) atoms. The Morgan fingerprint density at radius 2 is 1.70 bits per heavy atom. The van der Waals surface area contributed by atoms with Crippen molar-refractivity contribution < 1.29 is 23.9 Å². The third-order valence-corrected chi connectivity index (χ3v) is 5.12. The molecule has 0 aromatic heterocycles. The van der Waals surface area contributed by atoms with Crippen molar-refractivity contribution in [2.45, 2.75) is 59.2 Å². The Bertz CT molecular complexity index is 803. The van der Waals surface area contributed by atoms with E-state index >= 15 is 0 Å². The molecule has 4 N–H and O–H groups in total. The van der Waals surface area contributed by atoms with Gasteiger partial charge in [0.1, 0.15) is 11.7 Å². The Kier molecular flexibility index (Phi) is 7.72. The largest absolute Gasteiger partial charge is 0.491 e. The molecule has 2 rings (SSSR count). The predicted octanol–water partition coefficient (Wildman–Crippen LogP) is 1.48. The van der Waals surface area contributed by atoms with Gasteiger partial charge < -0.3 is 15.8 Å². The number of nitrogens with two attached hydrogens (primary N) is 1. The molecule has 0 radical (unpaired) electrons. The van der Waals surface area contributed by atoms with Crippen LogP contribution in [0.5, 0.6) is 5.75 Å². The smallest absolute Gasteiger partial charge is 0.238 e. The summed E-state index contributed by atoms with van der Waals surface area (Å²) in [4.78, 5) is 49.2. The lowest BCUT2D eigenvalue weighted by atomic mass is 9.85. The van der Waals surface area contributed by atoms with Crippen LogP contribution in [0.15, 0.2) is 24.3 Å². The van der Waals surface area contributed by atoms with E-state index in [-0.39, 0.29) is 18.4 Å². The third-order valence-electron chi connectivity index (χ3n) is 5.12. The predicted molar refractivity (Wildman–Crippen MR) is 111 cm³/mol. The molecule has 0 spiro atoms. The molecular weight excluding hydrogens is 386 g/mol. The number of carbonyl (C=O) groups excluding carboxylic acids is 4. The van der Waals surface area contributed by atoms with Crippen molar-refractivity contribution in [3.63, 3.8) is 0 Å². The molecule has 1 unspecified atom stereocenters. The van der Waals surface area contributed by atoms with Crippen molar-refractivity contribution in [2.24, 2.45) is 23.5 Å². The second kappa shape index (κ2) is 9.84. The summed E-state index contributed by atoms with van der Waals surface area (Å²) in [6, 6.07) is 5.76. The monoisotopic (exact) mass is 417 g/mol. The quantitative estimate of drug-likeness (QED) is 0.412. The van der Waals surface area contributed by atoms with Gasteiger partial charge in [0.05, 0.1) is 18.1 Å². The highest BCUT2D eigenvalue weighted by Gasteiger charge is 2.46. The number of rotatable bonds is 9. The van der Waals surface area contributed by atoms with E-state index in [4.69, 9.17) is 10.5 Å². The van der Waals surface area contributed by atoms with Gasteiger partial charge in [0.25, 0.3) is 0 Å². The van der Waals surface area contributed by atoms with E-state index in [2.05, 4.69) is 10.6 Å². The van der Waals surface area contributed by atoms with E-state index in [1.54, 1.807) is 38.1 Å². The first-order valence-corrected chi connectivity index (χ1v) is 10.2. The van der Waals surface area contributed by atoms with Gasteiger partial charge in [-0.25, -0.2) is 0 Å². The Hall–Kier alpha value is -2.74. The van der Waals surface area contributed by atoms with Gasteiger partial charge in [-0.3, -0.25) is 24.5 Å². The van der Waals surface area contributed by atoms with E-state index in [9.17, 15) is 19.2 Å². The van der Waals surface area contributed by atoms with Gasteiger partial charge in [0.2, 0.25) is 17.7 Å². The van der Waals surface area contributed by atoms with Crippen LogP contribution in [0, 0.1) is 17.8 Å². The molecule has 0 aliphatic carbocycles. The van der Waals surface area contributed by atoms with E-state index in [1.807, 2.05) is 13.8 Å². The Labute approximate surface area is 176 Å². The maximum Gasteiger partial charge on any atom is 0.238 e. The number of hydrogen-bond donors (Lipinski definition) is 3. The minimum atomic E-state index is -1.09. The summed E-state index contributed by atoms with van der Waals surface area (Å²) in [5, 5.41) is 4.88. The number of ether oxygens (including phenoxy) is 1. The Balaban J connectivity index is 2.02. The highest BCUT2D eigenvalue weighted by atomic mass is 16.5. The van der Waals surface area contributed by atoms with Crippen LogP contribution in [0.1, 0.15) is 52.6 Å². The fourth-order valence-corrected chi connectivity index (χ4v) is 3.44. The lowest BCUT2D eigenvalue weighted by Gasteiger charge is -2.25. The van der Waals surface area contributed by atoms with E-state index < -0.39 is 47.4 Å². The first-order chi connectivity index (χ1) is 14.0. The lowest BCUT2D eigenvalue weighted by Crippen LogP contribution is -2.49. The van der Waals surface area contributed by atoms with Crippen LogP contribution >= 0.6 is 0 Å². The van der Waals surface area contributed by atoms with Crippen LogP contribution in [0.4, 0.5) is 0 Å². The maximum absolute atomic E-state index is 12.9. The Morgan fingerprint density at radius 1 is 1.10 bits per heavy atom. The van der Waals surface area contributed by atoms with Crippen molar-refractivity contribution in [1.29, 1.82) is 0 Å². The molecule has 1 fully saturated rings. The molecule has 164 valence electrons. The van der Waals surface area contributed by atoms with Crippen molar-refractivity contribution in [3.8, 4) is 5.75 Å². The summed E-state index contributed by atoms with van der Waals surface area (Å²) in [5.41, 5.74) is 6.93. The topological polar surface area (TPSA) is 128 Å². The minimum absolute atomic E-state index is 0.0216. The summed E-state index contributed by atoms with van der Waals surface area (Å²) in [6.45, 7) is 8.94. The van der Waals surface area contributed by atoms with Crippen LogP contribution in [0.2, 0.25) is 0 Å². The number of amides is 3. The number of hydrogen-bond acceptors (Lipinski definition) is 6. The summed E-state index contributed by atoms with van der Waals surface area (Å²) >= 11 is 0. The molecule has 1 aliphatic heterocycles. The zero-order valence-corrected chi connectivity index (χ0v) is 18.1. The summed E-state index contributed by atoms with van der Waals surface area (Å²) in [7, 11) is 0. The summed E-state index contributed by atoms with van der Waals surface area (Å²) in [6.07, 6.45) is 0.0347. The molecule has 1 aromatic carbocycles. The second-order valence-corrected chi connectivity index (χ2v) is 8.36. The van der Waals surface area contributed by atoms with Crippen molar-refractivity contribution >= 4 is 23.5 Å². The molecule has 0 saturated carbocycles. The summed E-state index contributed by atoms with van der Waals surface area (Å²) < 4.78 is 5.59. The fourth-order valence-electron chi connectivity index (χ4n) is 3.44. The fraction of sp³-hybridized carbons (Fsp3) is 0.545. The highest BCUT2D eigenvalue weighted by Crippen LogP contribution is 2.24. The van der Waals surface area contributed by atoms with E-state index in [1.165, 1.54) is 6.92 Å². The minimum Gasteiger partial charge on any atom is -0.491 e. The molecule has 1 heterocycles. The van der Waals surface area contributed by atoms with Gasteiger partial charge >= 0.3 is 0 Å². The second-order valence-electron chi connectivity index (χ2n) is 8.36. The van der Waals surface area contributed by atoms with Gasteiger partial charge in [-0.15, -0.1) is 0 Å². The first kappa shape index (κ1) is 23.5. The number of Topliss-reactive ketones (excluding diaryl/α,β-unsaturated/α-hetero) is 1. The molecule has 4 atom stereocenters. The molecule has 1 aromatic rings. The molecule has 1 aliphatic rings.